The SMILES string of the molecule is O=C(OCO)c1cccc[n+]1Cc1ccccc1. The zero-order chi connectivity index (χ0) is 12.8. The molecule has 0 aliphatic heterocycles. The topological polar surface area (TPSA) is 50.4 Å². The van der Waals surface area contributed by atoms with Crippen molar-refractivity contribution in [3.8, 4) is 0 Å². The van der Waals surface area contributed by atoms with Crippen LogP contribution in [0.25, 0.3) is 0 Å². The van der Waals surface area contributed by atoms with Crippen LogP contribution in [0.2, 0.25) is 0 Å². The van der Waals surface area contributed by atoms with Crippen LogP contribution in [0.15, 0.2) is 54.7 Å². The van der Waals surface area contributed by atoms with Crippen LogP contribution in [0.3, 0.4) is 0 Å². The summed E-state index contributed by atoms with van der Waals surface area (Å²) in [6.07, 6.45) is 1.81. The number of esters is 1. The van der Waals surface area contributed by atoms with E-state index in [1.807, 2.05) is 36.4 Å². The van der Waals surface area contributed by atoms with Crippen molar-refractivity contribution in [3.05, 3.63) is 66.0 Å². The molecule has 1 heterocycles. The van der Waals surface area contributed by atoms with Crippen molar-refractivity contribution in [2.24, 2.45) is 0 Å². The third-order valence-corrected chi connectivity index (χ3v) is 2.54. The summed E-state index contributed by atoms with van der Waals surface area (Å²) in [7, 11) is 0. The van der Waals surface area contributed by atoms with E-state index in [1.165, 1.54) is 0 Å². The molecule has 1 N–H and O–H groups in total. The zero-order valence-corrected chi connectivity index (χ0v) is 9.82. The summed E-state index contributed by atoms with van der Waals surface area (Å²) in [5.41, 5.74) is 1.50. The molecule has 0 amide bonds. The summed E-state index contributed by atoms with van der Waals surface area (Å²) in [4.78, 5) is 11.7. The first-order valence-corrected chi connectivity index (χ1v) is 5.61. The zero-order valence-electron chi connectivity index (χ0n) is 9.82. The third-order valence-electron chi connectivity index (χ3n) is 2.54. The summed E-state index contributed by atoms with van der Waals surface area (Å²) in [6, 6.07) is 15.1. The van der Waals surface area contributed by atoms with Gasteiger partial charge in [-0.05, 0) is 6.07 Å². The quantitative estimate of drug-likeness (QED) is 0.498. The smallest absolute Gasteiger partial charge is 0.405 e. The molecule has 0 spiro atoms. The van der Waals surface area contributed by atoms with E-state index >= 15 is 0 Å². The minimum absolute atomic E-state index is 0.412. The summed E-state index contributed by atoms with van der Waals surface area (Å²) in [5.74, 6) is -0.533. The highest BCUT2D eigenvalue weighted by molar-refractivity contribution is 5.85. The Morgan fingerprint density at radius 3 is 2.56 bits per heavy atom. The van der Waals surface area contributed by atoms with Gasteiger partial charge in [-0.25, -0.2) is 4.79 Å². The average molecular weight is 244 g/mol. The summed E-state index contributed by atoms with van der Waals surface area (Å²) in [6.45, 7) is -0.0311. The van der Waals surface area contributed by atoms with Crippen LogP contribution in [-0.2, 0) is 11.3 Å². The maximum atomic E-state index is 11.7. The molecular weight excluding hydrogens is 230 g/mol. The fourth-order valence-electron chi connectivity index (χ4n) is 1.71. The molecule has 1 aromatic carbocycles. The van der Waals surface area contributed by atoms with Crippen LogP contribution in [0, 0.1) is 0 Å². The Kier molecular flexibility index (Phi) is 4.04. The molecule has 4 heteroatoms. The van der Waals surface area contributed by atoms with E-state index in [0.717, 1.165) is 5.56 Å². The Morgan fingerprint density at radius 1 is 1.11 bits per heavy atom. The molecule has 92 valence electrons. The van der Waals surface area contributed by atoms with Gasteiger partial charge in [0.15, 0.2) is 19.5 Å². The van der Waals surface area contributed by atoms with E-state index in [1.54, 1.807) is 22.9 Å². The molecule has 1 aromatic heterocycles. The minimum atomic E-state index is -0.612. The first-order valence-electron chi connectivity index (χ1n) is 5.61. The minimum Gasteiger partial charge on any atom is -0.431 e. The van der Waals surface area contributed by atoms with Crippen LogP contribution < -0.4 is 4.57 Å². The molecule has 0 aliphatic rings. The number of rotatable bonds is 4. The maximum absolute atomic E-state index is 11.7. The fraction of sp³-hybridized carbons (Fsp3) is 0.143. The number of aliphatic hydroxyl groups is 1. The van der Waals surface area contributed by atoms with E-state index in [-0.39, 0.29) is 0 Å². The van der Waals surface area contributed by atoms with Crippen molar-refractivity contribution in [1.29, 1.82) is 0 Å². The van der Waals surface area contributed by atoms with Crippen molar-refractivity contribution in [2.45, 2.75) is 6.54 Å². The van der Waals surface area contributed by atoms with Crippen molar-refractivity contribution in [1.82, 2.24) is 0 Å². The number of aliphatic hydroxyl groups excluding tert-OH is 1. The van der Waals surface area contributed by atoms with Crippen LogP contribution in [-0.4, -0.2) is 17.9 Å². The number of aromatic nitrogens is 1. The Hall–Kier alpha value is -2.20. The van der Waals surface area contributed by atoms with Crippen molar-refractivity contribution in [3.63, 3.8) is 0 Å². The maximum Gasteiger partial charge on any atom is 0.405 e. The molecule has 0 saturated heterocycles. The average Bonchev–Trinajstić information content (AvgIpc) is 2.41. The fourth-order valence-corrected chi connectivity index (χ4v) is 1.71. The standard InChI is InChI=1S/C14H14NO3/c16-11-18-14(17)13-8-4-5-9-15(13)10-12-6-2-1-3-7-12/h1-9,16H,10-11H2/q+1. The highest BCUT2D eigenvalue weighted by atomic mass is 16.6. The molecular formula is C14H14NO3+. The monoisotopic (exact) mass is 244 g/mol. The summed E-state index contributed by atoms with van der Waals surface area (Å²) in [5, 5.41) is 8.63. The lowest BCUT2D eigenvalue weighted by molar-refractivity contribution is -0.690. The summed E-state index contributed by atoms with van der Waals surface area (Å²) >= 11 is 0. The van der Waals surface area contributed by atoms with E-state index in [0.29, 0.717) is 12.2 Å². The van der Waals surface area contributed by atoms with Gasteiger partial charge in [0.1, 0.15) is 0 Å². The number of pyridine rings is 1. The summed E-state index contributed by atoms with van der Waals surface area (Å²) < 4.78 is 6.39. The number of carbonyl (C=O) groups is 1. The van der Waals surface area contributed by atoms with Crippen LogP contribution in [0.1, 0.15) is 16.1 Å². The van der Waals surface area contributed by atoms with Crippen molar-refractivity contribution < 1.29 is 19.2 Å². The first-order chi connectivity index (χ1) is 8.81. The Labute approximate surface area is 105 Å². The van der Waals surface area contributed by atoms with Gasteiger partial charge in [-0.1, -0.05) is 30.3 Å². The van der Waals surface area contributed by atoms with E-state index < -0.39 is 12.8 Å². The van der Waals surface area contributed by atoms with Gasteiger partial charge < -0.3 is 9.84 Å². The van der Waals surface area contributed by atoms with Crippen molar-refractivity contribution >= 4 is 5.97 Å². The Balaban J connectivity index is 2.25. The Morgan fingerprint density at radius 2 is 1.83 bits per heavy atom. The number of carbonyl (C=O) groups excluding carboxylic acids is 1. The predicted molar refractivity (Wildman–Crippen MR) is 64.7 cm³/mol. The van der Waals surface area contributed by atoms with E-state index in [4.69, 9.17) is 5.11 Å². The van der Waals surface area contributed by atoms with E-state index in [9.17, 15) is 4.79 Å². The van der Waals surface area contributed by atoms with Gasteiger partial charge in [0.2, 0.25) is 0 Å². The highest BCUT2D eigenvalue weighted by Gasteiger charge is 2.19. The van der Waals surface area contributed by atoms with Crippen LogP contribution in [0.4, 0.5) is 0 Å². The third kappa shape index (κ3) is 2.93. The Bertz CT molecular complexity index is 526. The molecule has 0 saturated carbocycles. The molecule has 0 radical (unpaired) electrons. The molecule has 0 bridgehead atoms. The largest absolute Gasteiger partial charge is 0.431 e. The molecule has 4 nitrogen and oxygen atoms in total. The first kappa shape index (κ1) is 12.3. The van der Waals surface area contributed by atoms with Gasteiger partial charge >= 0.3 is 5.97 Å². The van der Waals surface area contributed by atoms with Gasteiger partial charge in [0, 0.05) is 17.7 Å². The molecule has 0 atom stereocenters. The van der Waals surface area contributed by atoms with Gasteiger partial charge in [-0.2, -0.15) is 4.57 Å². The lowest BCUT2D eigenvalue weighted by atomic mass is 10.2. The normalized spacial score (nSPS) is 10.1. The second-order valence-electron chi connectivity index (χ2n) is 3.76. The van der Waals surface area contributed by atoms with Gasteiger partial charge in [-0.15, -0.1) is 0 Å². The molecule has 0 fully saturated rings. The van der Waals surface area contributed by atoms with Crippen LogP contribution in [0.5, 0.6) is 0 Å². The van der Waals surface area contributed by atoms with Gasteiger partial charge in [0.25, 0.3) is 5.69 Å². The van der Waals surface area contributed by atoms with Crippen LogP contribution >= 0.6 is 0 Å². The number of benzene rings is 1. The number of nitrogens with zero attached hydrogens (tertiary/aromatic N) is 1. The van der Waals surface area contributed by atoms with Crippen molar-refractivity contribution in [2.75, 3.05) is 6.79 Å². The number of ether oxygens (including phenoxy) is 1. The second kappa shape index (κ2) is 5.93. The molecule has 2 rings (SSSR count). The highest BCUT2D eigenvalue weighted by Crippen LogP contribution is 2.00. The van der Waals surface area contributed by atoms with Gasteiger partial charge in [-0.3, -0.25) is 0 Å². The molecule has 0 aliphatic carbocycles. The number of hydrogen-bond donors (Lipinski definition) is 1. The predicted octanol–water partition coefficient (Wildman–Crippen LogP) is 1.13. The molecule has 2 aromatic rings. The lowest BCUT2D eigenvalue weighted by Gasteiger charge is -2.03. The molecule has 0 unspecified atom stereocenters. The second-order valence-corrected chi connectivity index (χ2v) is 3.76. The van der Waals surface area contributed by atoms with Gasteiger partial charge in [0.05, 0.1) is 0 Å². The van der Waals surface area contributed by atoms with E-state index in [2.05, 4.69) is 4.74 Å². The number of hydrogen-bond acceptors (Lipinski definition) is 3. The lowest BCUT2D eigenvalue weighted by Crippen LogP contribution is -2.41. The molecule has 18 heavy (non-hydrogen) atoms.